The highest BCUT2D eigenvalue weighted by molar-refractivity contribution is 5.42. The minimum Gasteiger partial charge on any atom is -0.493 e. The lowest BCUT2D eigenvalue weighted by molar-refractivity contribution is 0.356. The molecule has 2 atom stereocenters. The van der Waals surface area contributed by atoms with E-state index in [0.29, 0.717) is 12.0 Å². The Morgan fingerprint density at radius 1 is 1.24 bits per heavy atom. The maximum atomic E-state index is 5.62. The van der Waals surface area contributed by atoms with Gasteiger partial charge >= 0.3 is 0 Å². The van der Waals surface area contributed by atoms with Crippen LogP contribution in [0.2, 0.25) is 0 Å². The van der Waals surface area contributed by atoms with Crippen molar-refractivity contribution in [2.45, 2.75) is 31.2 Å². The average Bonchev–Trinajstić information content (AvgIpc) is 3.15. The van der Waals surface area contributed by atoms with E-state index in [1.54, 1.807) is 0 Å². The number of aromatic nitrogens is 1. The van der Waals surface area contributed by atoms with E-state index >= 15 is 0 Å². The number of benzene rings is 1. The standard InChI is InChI=1S/C18H20N2O/c1-19-17(14-5-7-16-13(11-14)8-10-21-16)15-6-4-12-3-2-9-20-18(12)15/h2-3,5,7,9,11,15,17,19H,4,6,8,10H2,1H3. The average molecular weight is 280 g/mol. The van der Waals surface area contributed by atoms with Gasteiger partial charge in [-0.3, -0.25) is 4.98 Å². The van der Waals surface area contributed by atoms with E-state index < -0.39 is 0 Å². The predicted octanol–water partition coefficient (Wildman–Crippen LogP) is 3.01. The fourth-order valence-corrected chi connectivity index (χ4v) is 3.77. The van der Waals surface area contributed by atoms with Gasteiger partial charge in [-0.1, -0.05) is 18.2 Å². The number of nitrogens with zero attached hydrogens (tertiary/aromatic N) is 1. The zero-order chi connectivity index (χ0) is 14.2. The molecule has 0 radical (unpaired) electrons. The third-order valence-electron chi connectivity index (χ3n) is 4.79. The molecule has 0 fully saturated rings. The van der Waals surface area contributed by atoms with E-state index in [1.807, 2.05) is 12.3 Å². The number of rotatable bonds is 3. The highest BCUT2D eigenvalue weighted by atomic mass is 16.5. The molecule has 2 heterocycles. The fourth-order valence-electron chi connectivity index (χ4n) is 3.77. The number of pyridine rings is 1. The summed E-state index contributed by atoms with van der Waals surface area (Å²) in [6, 6.07) is 11.2. The Morgan fingerprint density at radius 2 is 2.19 bits per heavy atom. The van der Waals surface area contributed by atoms with E-state index in [0.717, 1.165) is 25.2 Å². The molecule has 2 unspecified atom stereocenters. The third-order valence-corrected chi connectivity index (χ3v) is 4.79. The van der Waals surface area contributed by atoms with Gasteiger partial charge in [0.15, 0.2) is 0 Å². The minimum absolute atomic E-state index is 0.326. The number of hydrogen-bond donors (Lipinski definition) is 1. The first-order chi connectivity index (χ1) is 10.4. The summed E-state index contributed by atoms with van der Waals surface area (Å²) in [5.74, 6) is 1.52. The van der Waals surface area contributed by atoms with Crippen molar-refractivity contribution in [3.05, 3.63) is 58.9 Å². The van der Waals surface area contributed by atoms with Crippen LogP contribution in [-0.4, -0.2) is 18.6 Å². The first kappa shape index (κ1) is 12.8. The highest BCUT2D eigenvalue weighted by Crippen LogP contribution is 2.41. The van der Waals surface area contributed by atoms with Crippen LogP contribution in [0.4, 0.5) is 0 Å². The van der Waals surface area contributed by atoms with Gasteiger partial charge in [0.05, 0.1) is 6.61 Å². The van der Waals surface area contributed by atoms with E-state index in [4.69, 9.17) is 4.74 Å². The molecule has 0 bridgehead atoms. The van der Waals surface area contributed by atoms with Gasteiger partial charge in [0.25, 0.3) is 0 Å². The van der Waals surface area contributed by atoms with E-state index in [2.05, 4.69) is 41.6 Å². The van der Waals surface area contributed by atoms with Crippen LogP contribution in [0.15, 0.2) is 36.5 Å². The van der Waals surface area contributed by atoms with Gasteiger partial charge in [-0.2, -0.15) is 0 Å². The lowest BCUT2D eigenvalue weighted by Crippen LogP contribution is -2.23. The van der Waals surface area contributed by atoms with Crippen molar-refractivity contribution in [3.63, 3.8) is 0 Å². The van der Waals surface area contributed by atoms with Crippen LogP contribution in [0.5, 0.6) is 5.75 Å². The van der Waals surface area contributed by atoms with Gasteiger partial charge < -0.3 is 10.1 Å². The van der Waals surface area contributed by atoms with Crippen molar-refractivity contribution >= 4 is 0 Å². The van der Waals surface area contributed by atoms with E-state index in [1.165, 1.54) is 28.8 Å². The molecular weight excluding hydrogens is 260 g/mol. The second kappa shape index (κ2) is 5.15. The smallest absolute Gasteiger partial charge is 0.122 e. The van der Waals surface area contributed by atoms with Crippen LogP contribution in [0.3, 0.4) is 0 Å². The van der Waals surface area contributed by atoms with Crippen molar-refractivity contribution < 1.29 is 4.74 Å². The molecule has 2 aliphatic rings. The summed E-state index contributed by atoms with van der Waals surface area (Å²) in [4.78, 5) is 4.64. The van der Waals surface area contributed by atoms with Crippen LogP contribution in [0.1, 0.15) is 40.8 Å². The number of likely N-dealkylation sites (N-methyl/N-ethyl adjacent to an activating group) is 1. The molecule has 1 aromatic carbocycles. The van der Waals surface area contributed by atoms with Gasteiger partial charge in [-0.15, -0.1) is 0 Å². The van der Waals surface area contributed by atoms with Gasteiger partial charge in [-0.25, -0.2) is 0 Å². The fraction of sp³-hybridized carbons (Fsp3) is 0.389. The minimum atomic E-state index is 0.326. The van der Waals surface area contributed by atoms with Crippen molar-refractivity contribution in [3.8, 4) is 5.75 Å². The Bertz CT molecular complexity index is 668. The summed E-state index contributed by atoms with van der Waals surface area (Å²) in [5.41, 5.74) is 5.37. The van der Waals surface area contributed by atoms with Gasteiger partial charge in [0.2, 0.25) is 0 Å². The summed E-state index contributed by atoms with van der Waals surface area (Å²) in [7, 11) is 2.05. The molecule has 21 heavy (non-hydrogen) atoms. The van der Waals surface area contributed by atoms with Gasteiger partial charge in [0.1, 0.15) is 5.75 Å². The molecule has 3 nitrogen and oxygen atoms in total. The SMILES string of the molecule is CNC(c1ccc2c(c1)CCO2)C1CCc2cccnc21. The molecule has 0 amide bonds. The Hall–Kier alpha value is -1.87. The Balaban J connectivity index is 1.70. The summed E-state index contributed by atoms with van der Waals surface area (Å²) in [6.07, 6.45) is 5.25. The normalized spacial score (nSPS) is 20.7. The van der Waals surface area contributed by atoms with E-state index in [9.17, 15) is 0 Å². The largest absolute Gasteiger partial charge is 0.493 e. The maximum Gasteiger partial charge on any atom is 0.122 e. The highest BCUT2D eigenvalue weighted by Gasteiger charge is 2.31. The third kappa shape index (κ3) is 2.12. The first-order valence-corrected chi connectivity index (χ1v) is 7.73. The Kier molecular flexibility index (Phi) is 3.15. The number of fused-ring (bicyclic) bond motifs is 2. The second-order valence-corrected chi connectivity index (χ2v) is 5.92. The zero-order valence-corrected chi connectivity index (χ0v) is 12.3. The van der Waals surface area contributed by atoms with Crippen molar-refractivity contribution in [2.75, 3.05) is 13.7 Å². The van der Waals surface area contributed by atoms with Crippen LogP contribution in [0, 0.1) is 0 Å². The summed E-state index contributed by atoms with van der Waals surface area (Å²) >= 11 is 0. The topological polar surface area (TPSA) is 34.1 Å². The van der Waals surface area contributed by atoms with Crippen molar-refractivity contribution in [1.29, 1.82) is 0 Å². The number of nitrogens with one attached hydrogen (secondary N) is 1. The van der Waals surface area contributed by atoms with Crippen LogP contribution in [0.25, 0.3) is 0 Å². The summed E-state index contributed by atoms with van der Waals surface area (Å²) < 4.78 is 5.62. The molecular formula is C18H20N2O. The molecule has 1 aromatic heterocycles. The molecule has 0 saturated heterocycles. The predicted molar refractivity (Wildman–Crippen MR) is 82.7 cm³/mol. The van der Waals surface area contributed by atoms with Crippen molar-refractivity contribution in [1.82, 2.24) is 10.3 Å². The van der Waals surface area contributed by atoms with E-state index in [-0.39, 0.29) is 0 Å². The van der Waals surface area contributed by atoms with Crippen LogP contribution in [-0.2, 0) is 12.8 Å². The zero-order valence-electron chi connectivity index (χ0n) is 12.3. The number of aryl methyl sites for hydroxylation is 1. The molecule has 1 aliphatic carbocycles. The van der Waals surface area contributed by atoms with Crippen LogP contribution >= 0.6 is 0 Å². The number of ether oxygens (including phenoxy) is 1. The monoisotopic (exact) mass is 280 g/mol. The van der Waals surface area contributed by atoms with Gasteiger partial charge in [-0.05, 0) is 48.7 Å². The van der Waals surface area contributed by atoms with Crippen molar-refractivity contribution in [2.24, 2.45) is 0 Å². The first-order valence-electron chi connectivity index (χ1n) is 7.73. The van der Waals surface area contributed by atoms with Gasteiger partial charge in [0, 0.05) is 30.3 Å². The van der Waals surface area contributed by atoms with Crippen LogP contribution < -0.4 is 10.1 Å². The maximum absolute atomic E-state index is 5.62. The lowest BCUT2D eigenvalue weighted by Gasteiger charge is -2.24. The molecule has 0 spiro atoms. The quantitative estimate of drug-likeness (QED) is 0.938. The second-order valence-electron chi connectivity index (χ2n) is 5.92. The number of hydrogen-bond acceptors (Lipinski definition) is 3. The molecule has 1 N–H and O–H groups in total. The molecule has 4 rings (SSSR count). The Labute approximate surface area is 125 Å². The molecule has 1 aliphatic heterocycles. The molecule has 108 valence electrons. The Morgan fingerprint density at radius 3 is 3.10 bits per heavy atom. The lowest BCUT2D eigenvalue weighted by atomic mass is 9.90. The molecule has 2 aromatic rings. The summed E-state index contributed by atoms with van der Waals surface area (Å²) in [6.45, 7) is 0.816. The molecule has 3 heteroatoms. The summed E-state index contributed by atoms with van der Waals surface area (Å²) in [5, 5.41) is 3.51. The molecule has 0 saturated carbocycles.